The van der Waals surface area contributed by atoms with Gasteiger partial charge in [-0.25, -0.2) is 22.0 Å². The van der Waals surface area contributed by atoms with Gasteiger partial charge in [-0.15, -0.1) is 10.2 Å². The number of amides is 1. The number of anilines is 1. The van der Waals surface area contributed by atoms with Crippen LogP contribution in [0.25, 0.3) is 11.3 Å². The lowest BCUT2D eigenvalue weighted by Gasteiger charge is -2.44. The summed E-state index contributed by atoms with van der Waals surface area (Å²) in [4.78, 5) is 16.5. The van der Waals surface area contributed by atoms with E-state index in [2.05, 4.69) is 25.8 Å². The highest BCUT2D eigenvalue weighted by Crippen LogP contribution is 2.45. The maximum atomic E-state index is 14.5. The van der Waals surface area contributed by atoms with Crippen molar-refractivity contribution in [3.8, 4) is 11.3 Å². The van der Waals surface area contributed by atoms with E-state index < -0.39 is 53.9 Å². The Bertz CT molecular complexity index is 1270. The van der Waals surface area contributed by atoms with Crippen molar-refractivity contribution >= 4 is 11.7 Å². The van der Waals surface area contributed by atoms with Gasteiger partial charge >= 0.3 is 0 Å². The van der Waals surface area contributed by atoms with Crippen LogP contribution in [0.5, 0.6) is 0 Å². The van der Waals surface area contributed by atoms with E-state index in [1.54, 1.807) is 6.07 Å². The van der Waals surface area contributed by atoms with E-state index in [-0.39, 0.29) is 41.9 Å². The number of nitrogens with zero attached hydrogens (tertiary/aromatic N) is 3. The average Bonchev–Trinajstić information content (AvgIpc) is 2.81. The molecule has 0 unspecified atom stereocenters. The fourth-order valence-electron chi connectivity index (χ4n) is 4.71. The Labute approximate surface area is 203 Å². The molecule has 2 aliphatic carbocycles. The number of hydrogen-bond acceptors (Lipinski definition) is 5. The first kappa shape index (κ1) is 24.1. The first-order valence-corrected chi connectivity index (χ1v) is 11.5. The molecule has 2 aliphatic rings. The quantitative estimate of drug-likeness (QED) is 0.452. The third kappa shape index (κ3) is 4.74. The van der Waals surface area contributed by atoms with Gasteiger partial charge in [-0.05, 0) is 55.3 Å². The SMILES string of the molecule is O=C(NC1CC(F)(F)C1)c1ccc(F)c(-c2ccc(NCC3(c4ncccc4F)CC(F)C3)nn2)c1. The van der Waals surface area contributed by atoms with E-state index >= 15 is 0 Å². The summed E-state index contributed by atoms with van der Waals surface area (Å²) in [5, 5.41) is 13.6. The second-order valence-corrected chi connectivity index (χ2v) is 9.41. The molecule has 0 atom stereocenters. The van der Waals surface area contributed by atoms with Gasteiger partial charge in [0.2, 0.25) is 0 Å². The molecule has 188 valence electrons. The van der Waals surface area contributed by atoms with E-state index in [1.165, 1.54) is 36.5 Å². The maximum absolute atomic E-state index is 14.5. The number of halogens is 5. The third-order valence-corrected chi connectivity index (χ3v) is 6.69. The molecular formula is C25H22F5N5O. The van der Waals surface area contributed by atoms with Crippen molar-refractivity contribution in [2.45, 2.75) is 49.2 Å². The van der Waals surface area contributed by atoms with E-state index in [4.69, 9.17) is 0 Å². The Morgan fingerprint density at radius 3 is 2.42 bits per heavy atom. The van der Waals surface area contributed by atoms with Crippen LogP contribution in [0.1, 0.15) is 41.7 Å². The number of benzene rings is 1. The van der Waals surface area contributed by atoms with Crippen LogP contribution in [0.3, 0.4) is 0 Å². The summed E-state index contributed by atoms with van der Waals surface area (Å²) in [6, 6.07) is 8.82. The first-order chi connectivity index (χ1) is 17.1. The monoisotopic (exact) mass is 503 g/mol. The van der Waals surface area contributed by atoms with Crippen molar-refractivity contribution in [2.24, 2.45) is 0 Å². The summed E-state index contributed by atoms with van der Waals surface area (Å²) in [6.45, 7) is 0.180. The van der Waals surface area contributed by atoms with Crippen LogP contribution in [-0.2, 0) is 5.41 Å². The number of nitrogens with one attached hydrogen (secondary N) is 2. The smallest absolute Gasteiger partial charge is 0.252 e. The number of carbonyl (C=O) groups excluding carboxylic acids is 1. The summed E-state index contributed by atoms with van der Waals surface area (Å²) in [5.74, 6) is -4.17. The lowest BCUT2D eigenvalue weighted by atomic mass is 9.65. The molecular weight excluding hydrogens is 481 g/mol. The summed E-state index contributed by atoms with van der Waals surface area (Å²) in [7, 11) is 0. The number of hydrogen-bond donors (Lipinski definition) is 2. The van der Waals surface area contributed by atoms with Gasteiger partial charge in [-0.2, -0.15) is 0 Å². The summed E-state index contributed by atoms with van der Waals surface area (Å²) in [5.41, 5.74) is -0.342. The summed E-state index contributed by atoms with van der Waals surface area (Å²) < 4.78 is 68.6. The Kier molecular flexibility index (Phi) is 6.09. The van der Waals surface area contributed by atoms with E-state index in [0.29, 0.717) is 5.82 Å². The Morgan fingerprint density at radius 1 is 1.00 bits per heavy atom. The minimum atomic E-state index is -2.77. The number of carbonyl (C=O) groups is 1. The zero-order valence-electron chi connectivity index (χ0n) is 18.9. The van der Waals surface area contributed by atoms with Gasteiger partial charge in [0.25, 0.3) is 11.8 Å². The molecule has 11 heteroatoms. The zero-order valence-corrected chi connectivity index (χ0v) is 18.9. The number of pyridine rings is 1. The maximum Gasteiger partial charge on any atom is 0.252 e. The van der Waals surface area contributed by atoms with Gasteiger partial charge in [0.15, 0.2) is 0 Å². The molecule has 1 aromatic carbocycles. The number of rotatable bonds is 7. The third-order valence-electron chi connectivity index (χ3n) is 6.69. The molecule has 2 heterocycles. The van der Waals surface area contributed by atoms with Crippen molar-refractivity contribution in [1.82, 2.24) is 20.5 Å². The molecule has 2 N–H and O–H groups in total. The predicted molar refractivity (Wildman–Crippen MR) is 121 cm³/mol. The zero-order chi connectivity index (χ0) is 25.5. The Morgan fingerprint density at radius 2 is 1.78 bits per heavy atom. The van der Waals surface area contributed by atoms with Crippen LogP contribution in [0.4, 0.5) is 27.8 Å². The summed E-state index contributed by atoms with van der Waals surface area (Å²) >= 11 is 0. The van der Waals surface area contributed by atoms with Crippen LogP contribution >= 0.6 is 0 Å². The predicted octanol–water partition coefficient (Wildman–Crippen LogP) is 4.83. The highest BCUT2D eigenvalue weighted by Gasteiger charge is 2.48. The highest BCUT2D eigenvalue weighted by molar-refractivity contribution is 5.95. The normalized spacial score (nSPS) is 22.9. The van der Waals surface area contributed by atoms with Gasteiger partial charge in [0.1, 0.15) is 23.6 Å². The molecule has 2 aromatic heterocycles. The second-order valence-electron chi connectivity index (χ2n) is 9.41. The van der Waals surface area contributed by atoms with Crippen molar-refractivity contribution < 1.29 is 26.7 Å². The van der Waals surface area contributed by atoms with E-state index in [9.17, 15) is 26.7 Å². The summed E-state index contributed by atoms with van der Waals surface area (Å²) in [6.07, 6.45) is -0.185. The van der Waals surface area contributed by atoms with Crippen LogP contribution < -0.4 is 10.6 Å². The van der Waals surface area contributed by atoms with Crippen molar-refractivity contribution in [2.75, 3.05) is 11.9 Å². The molecule has 3 aromatic rings. The molecule has 0 saturated heterocycles. The van der Waals surface area contributed by atoms with Gasteiger partial charge < -0.3 is 10.6 Å². The molecule has 0 radical (unpaired) electrons. The molecule has 5 rings (SSSR count). The Hall–Kier alpha value is -3.63. The van der Waals surface area contributed by atoms with Crippen molar-refractivity contribution in [3.63, 3.8) is 0 Å². The van der Waals surface area contributed by atoms with Gasteiger partial charge in [0.05, 0.1) is 11.4 Å². The fraction of sp³-hybridized carbons (Fsp3) is 0.360. The fourth-order valence-corrected chi connectivity index (χ4v) is 4.71. The highest BCUT2D eigenvalue weighted by atomic mass is 19.3. The standard InChI is InChI=1S/C25H22F5N5O/c26-15-9-24(10-15,22-19(28)2-1-7-31-22)13-32-21-6-5-20(34-35-21)17-8-14(3-4-18(17)27)23(36)33-16-11-25(29,30)12-16/h1-8,15-16H,9-13H2,(H,32,35)(H,33,36). The Balaban J connectivity index is 1.27. The lowest BCUT2D eigenvalue weighted by molar-refractivity contribution is -0.0901. The van der Waals surface area contributed by atoms with Crippen LogP contribution in [-0.4, -0.2) is 45.8 Å². The molecule has 1 amide bonds. The molecule has 0 aliphatic heterocycles. The molecule has 2 saturated carbocycles. The topological polar surface area (TPSA) is 79.8 Å². The molecule has 0 spiro atoms. The van der Waals surface area contributed by atoms with E-state index in [0.717, 1.165) is 6.07 Å². The average molecular weight is 503 g/mol. The van der Waals surface area contributed by atoms with Crippen molar-refractivity contribution in [1.29, 1.82) is 0 Å². The van der Waals surface area contributed by atoms with Crippen molar-refractivity contribution in [3.05, 3.63) is 71.6 Å². The molecule has 2 fully saturated rings. The van der Waals surface area contributed by atoms with Gasteiger partial charge in [0, 0.05) is 48.2 Å². The van der Waals surface area contributed by atoms with Crippen LogP contribution in [0.15, 0.2) is 48.7 Å². The largest absolute Gasteiger partial charge is 0.368 e. The first-order valence-electron chi connectivity index (χ1n) is 11.5. The van der Waals surface area contributed by atoms with Crippen LogP contribution in [0.2, 0.25) is 0 Å². The van der Waals surface area contributed by atoms with Gasteiger partial charge in [-0.3, -0.25) is 9.78 Å². The number of alkyl halides is 3. The number of aromatic nitrogens is 3. The molecule has 6 nitrogen and oxygen atoms in total. The molecule has 0 bridgehead atoms. The molecule has 36 heavy (non-hydrogen) atoms. The van der Waals surface area contributed by atoms with Gasteiger partial charge in [-0.1, -0.05) is 0 Å². The minimum absolute atomic E-state index is 0.0203. The lowest BCUT2D eigenvalue weighted by Crippen LogP contribution is -2.50. The van der Waals surface area contributed by atoms with E-state index in [1.807, 2.05) is 0 Å². The second kappa shape index (κ2) is 9.11. The van der Waals surface area contributed by atoms with Crippen LogP contribution in [0, 0.1) is 11.6 Å². The minimum Gasteiger partial charge on any atom is -0.368 e.